The Hall–Kier alpha value is -2.97. The second kappa shape index (κ2) is 9.99. The molecule has 0 saturated carbocycles. The third-order valence-electron chi connectivity index (χ3n) is 4.09. The van der Waals surface area contributed by atoms with Crippen LogP contribution >= 0.6 is 0 Å². The van der Waals surface area contributed by atoms with Crippen LogP contribution in [0.3, 0.4) is 0 Å². The number of rotatable bonds is 9. The summed E-state index contributed by atoms with van der Waals surface area (Å²) < 4.78 is 4.90. The number of carbonyl (C=O) groups is 2. The lowest BCUT2D eigenvalue weighted by atomic mass is 10.0. The Morgan fingerprint density at radius 2 is 1.90 bits per heavy atom. The van der Waals surface area contributed by atoms with Crippen molar-refractivity contribution in [3.63, 3.8) is 0 Å². The fourth-order valence-corrected chi connectivity index (χ4v) is 2.95. The first kappa shape index (κ1) is 22.3. The summed E-state index contributed by atoms with van der Waals surface area (Å²) in [6.45, 7) is 10.0. The Labute approximate surface area is 169 Å². The van der Waals surface area contributed by atoms with Gasteiger partial charge >= 0.3 is 5.97 Å². The second-order valence-electron chi connectivity index (χ2n) is 7.78. The van der Waals surface area contributed by atoms with Crippen molar-refractivity contribution in [2.45, 2.75) is 53.5 Å². The number of carbonyl (C=O) groups excluding carboxylic acids is 2. The SMILES string of the molecule is CCOC(=O)c1n[nH]c(C(CC(C)C)NC(=O)c2cc(CC(C)C)[nH]c(=O)c2)n1. The lowest BCUT2D eigenvalue weighted by molar-refractivity contribution is 0.0512. The van der Waals surface area contributed by atoms with Gasteiger partial charge in [-0.1, -0.05) is 27.7 Å². The summed E-state index contributed by atoms with van der Waals surface area (Å²) in [5.74, 6) is -0.152. The van der Waals surface area contributed by atoms with E-state index < -0.39 is 12.0 Å². The maximum atomic E-state index is 12.8. The van der Waals surface area contributed by atoms with Gasteiger partial charge in [0.15, 0.2) is 0 Å². The molecule has 0 aliphatic rings. The minimum Gasteiger partial charge on any atom is -0.460 e. The first-order chi connectivity index (χ1) is 13.7. The number of nitrogens with one attached hydrogen (secondary N) is 3. The van der Waals surface area contributed by atoms with Gasteiger partial charge in [0, 0.05) is 17.3 Å². The number of pyridine rings is 1. The standard InChI is InChI=1S/C20H29N5O4/c1-6-29-20(28)18-23-17(24-25-18)15(8-12(4)5)22-19(27)13-9-14(7-11(2)3)21-16(26)10-13/h9-12,15H,6-8H2,1-5H3,(H,21,26)(H,22,27)(H,23,24,25). The third-order valence-corrected chi connectivity index (χ3v) is 4.09. The molecule has 9 heteroatoms. The van der Waals surface area contributed by atoms with Crippen molar-refractivity contribution in [2.75, 3.05) is 6.61 Å². The largest absolute Gasteiger partial charge is 0.460 e. The molecule has 0 fully saturated rings. The third kappa shape index (κ3) is 6.55. The number of ether oxygens (including phenoxy) is 1. The van der Waals surface area contributed by atoms with Crippen molar-refractivity contribution >= 4 is 11.9 Å². The zero-order valence-corrected chi connectivity index (χ0v) is 17.5. The van der Waals surface area contributed by atoms with Crippen LogP contribution in [0.5, 0.6) is 0 Å². The summed E-state index contributed by atoms with van der Waals surface area (Å²) >= 11 is 0. The molecule has 2 aromatic rings. The van der Waals surface area contributed by atoms with E-state index in [-0.39, 0.29) is 35.4 Å². The molecule has 0 aliphatic carbocycles. The predicted octanol–water partition coefficient (Wildman–Crippen LogP) is 2.39. The van der Waals surface area contributed by atoms with Crippen LogP contribution in [0.15, 0.2) is 16.9 Å². The van der Waals surface area contributed by atoms with Crippen LogP contribution in [0.2, 0.25) is 0 Å². The Morgan fingerprint density at radius 1 is 1.17 bits per heavy atom. The maximum Gasteiger partial charge on any atom is 0.378 e. The van der Waals surface area contributed by atoms with Gasteiger partial charge in [-0.15, -0.1) is 5.10 Å². The topological polar surface area (TPSA) is 130 Å². The summed E-state index contributed by atoms with van der Waals surface area (Å²) in [7, 11) is 0. The molecule has 0 bridgehead atoms. The molecule has 3 N–H and O–H groups in total. The van der Waals surface area contributed by atoms with E-state index in [4.69, 9.17) is 4.74 Å². The van der Waals surface area contributed by atoms with Gasteiger partial charge < -0.3 is 15.0 Å². The quantitative estimate of drug-likeness (QED) is 0.551. The van der Waals surface area contributed by atoms with Crippen LogP contribution in [0.4, 0.5) is 0 Å². The van der Waals surface area contributed by atoms with Crippen LogP contribution in [-0.4, -0.2) is 38.6 Å². The Bertz CT molecular complexity index is 900. The normalized spacial score (nSPS) is 12.2. The van der Waals surface area contributed by atoms with E-state index in [0.29, 0.717) is 30.3 Å². The van der Waals surface area contributed by atoms with Gasteiger partial charge in [0.2, 0.25) is 5.56 Å². The van der Waals surface area contributed by atoms with Crippen LogP contribution in [0.1, 0.15) is 79.6 Å². The molecule has 0 aliphatic heterocycles. The molecule has 0 saturated heterocycles. The van der Waals surface area contributed by atoms with Gasteiger partial charge in [0.25, 0.3) is 11.7 Å². The maximum absolute atomic E-state index is 12.8. The molecule has 158 valence electrons. The molecular weight excluding hydrogens is 374 g/mol. The van der Waals surface area contributed by atoms with Gasteiger partial charge in [0.05, 0.1) is 12.6 Å². The van der Waals surface area contributed by atoms with Gasteiger partial charge in [-0.05, 0) is 37.7 Å². The van der Waals surface area contributed by atoms with E-state index in [1.807, 2.05) is 27.7 Å². The van der Waals surface area contributed by atoms with Crippen LogP contribution in [-0.2, 0) is 11.2 Å². The summed E-state index contributed by atoms with van der Waals surface area (Å²) in [4.78, 5) is 43.5. The zero-order valence-electron chi connectivity index (χ0n) is 17.5. The van der Waals surface area contributed by atoms with Gasteiger partial charge in [-0.2, -0.15) is 0 Å². The van der Waals surface area contributed by atoms with E-state index in [9.17, 15) is 14.4 Å². The van der Waals surface area contributed by atoms with Crippen molar-refractivity contribution in [1.82, 2.24) is 25.5 Å². The van der Waals surface area contributed by atoms with Crippen LogP contribution in [0, 0.1) is 11.8 Å². The van der Waals surface area contributed by atoms with E-state index >= 15 is 0 Å². The highest BCUT2D eigenvalue weighted by atomic mass is 16.5. The summed E-state index contributed by atoms with van der Waals surface area (Å²) in [6.07, 6.45) is 1.24. The molecular formula is C20H29N5O4. The zero-order chi connectivity index (χ0) is 21.6. The van der Waals surface area contributed by atoms with Crippen molar-refractivity contribution in [1.29, 1.82) is 0 Å². The molecule has 0 aromatic carbocycles. The predicted molar refractivity (Wildman–Crippen MR) is 108 cm³/mol. The molecule has 0 spiro atoms. The number of amides is 1. The Balaban J connectivity index is 2.24. The lowest BCUT2D eigenvalue weighted by Gasteiger charge is -2.18. The summed E-state index contributed by atoms with van der Waals surface area (Å²) in [5, 5.41) is 9.49. The molecule has 2 heterocycles. The number of aromatic amines is 2. The van der Waals surface area contributed by atoms with Crippen molar-refractivity contribution in [2.24, 2.45) is 11.8 Å². The fraction of sp³-hybridized carbons (Fsp3) is 0.550. The highest BCUT2D eigenvalue weighted by Crippen LogP contribution is 2.19. The molecule has 2 aromatic heterocycles. The average molecular weight is 403 g/mol. The molecule has 2 rings (SSSR count). The fourth-order valence-electron chi connectivity index (χ4n) is 2.95. The number of aromatic nitrogens is 4. The van der Waals surface area contributed by atoms with Gasteiger partial charge in [0.1, 0.15) is 5.82 Å². The molecule has 1 unspecified atom stereocenters. The lowest BCUT2D eigenvalue weighted by Crippen LogP contribution is -2.31. The number of nitrogens with zero attached hydrogens (tertiary/aromatic N) is 2. The van der Waals surface area contributed by atoms with E-state index in [2.05, 4.69) is 25.5 Å². The van der Waals surface area contributed by atoms with Crippen molar-refractivity contribution in [3.05, 3.63) is 45.4 Å². The average Bonchev–Trinajstić information content (AvgIpc) is 3.10. The van der Waals surface area contributed by atoms with E-state index in [0.717, 1.165) is 0 Å². The number of hydrogen-bond acceptors (Lipinski definition) is 6. The minimum absolute atomic E-state index is 0.0831. The van der Waals surface area contributed by atoms with Crippen LogP contribution in [0.25, 0.3) is 0 Å². The van der Waals surface area contributed by atoms with Crippen molar-refractivity contribution in [3.8, 4) is 0 Å². The summed E-state index contributed by atoms with van der Waals surface area (Å²) in [5.41, 5.74) is 0.670. The van der Waals surface area contributed by atoms with E-state index in [1.165, 1.54) is 6.07 Å². The minimum atomic E-state index is -0.627. The highest BCUT2D eigenvalue weighted by Gasteiger charge is 2.23. The Morgan fingerprint density at radius 3 is 2.52 bits per heavy atom. The number of H-pyrrole nitrogens is 2. The molecule has 1 amide bonds. The van der Waals surface area contributed by atoms with Crippen LogP contribution < -0.4 is 10.9 Å². The molecule has 29 heavy (non-hydrogen) atoms. The second-order valence-corrected chi connectivity index (χ2v) is 7.78. The Kier molecular flexibility index (Phi) is 7.69. The highest BCUT2D eigenvalue weighted by molar-refractivity contribution is 5.94. The van der Waals surface area contributed by atoms with E-state index in [1.54, 1.807) is 13.0 Å². The molecule has 9 nitrogen and oxygen atoms in total. The monoisotopic (exact) mass is 403 g/mol. The number of esters is 1. The molecule has 0 radical (unpaired) electrons. The summed E-state index contributed by atoms with van der Waals surface area (Å²) in [6, 6.07) is 2.47. The van der Waals surface area contributed by atoms with Crippen molar-refractivity contribution < 1.29 is 14.3 Å². The van der Waals surface area contributed by atoms with Gasteiger partial charge in [-0.25, -0.2) is 9.78 Å². The smallest absolute Gasteiger partial charge is 0.378 e. The van der Waals surface area contributed by atoms with Gasteiger partial charge in [-0.3, -0.25) is 14.7 Å². The number of hydrogen-bond donors (Lipinski definition) is 3. The first-order valence-corrected chi connectivity index (χ1v) is 9.83. The first-order valence-electron chi connectivity index (χ1n) is 9.83. The molecule has 1 atom stereocenters.